The second-order valence-corrected chi connectivity index (χ2v) is 5.29. The molecule has 1 aromatic heterocycles. The molecule has 2 amide bonds. The zero-order valence-corrected chi connectivity index (χ0v) is 11.7. The van der Waals surface area contributed by atoms with Crippen molar-refractivity contribution in [1.29, 1.82) is 0 Å². The molecule has 0 radical (unpaired) electrons. The highest BCUT2D eigenvalue weighted by atomic mass is 16.2. The summed E-state index contributed by atoms with van der Waals surface area (Å²) in [6, 6.07) is 9.61. The molecule has 1 saturated carbocycles. The lowest BCUT2D eigenvalue weighted by Crippen LogP contribution is -2.28. The lowest BCUT2D eigenvalue weighted by molar-refractivity contribution is 0.249. The maximum absolute atomic E-state index is 10.9. The molecule has 2 aromatic rings. The number of nitrogens with two attached hydrogens (primary N) is 1. The molecule has 0 spiro atoms. The molecular formula is C16H18N4O. The lowest BCUT2D eigenvalue weighted by atomic mass is 9.83. The molecule has 0 bridgehead atoms. The number of hydrogen-bond donors (Lipinski definition) is 2. The topological polar surface area (TPSA) is 80.4 Å². The van der Waals surface area contributed by atoms with Crippen LogP contribution in [0.5, 0.6) is 0 Å². The SMILES string of the molecule is NC(=O)N/N=C1/CCCC[C@@H]1c1nccc2ccccc12. The van der Waals surface area contributed by atoms with E-state index in [0.717, 1.165) is 42.5 Å². The van der Waals surface area contributed by atoms with Crippen molar-refractivity contribution >= 4 is 22.5 Å². The van der Waals surface area contributed by atoms with E-state index in [1.54, 1.807) is 0 Å². The maximum atomic E-state index is 10.9. The molecule has 1 heterocycles. The number of carbonyl (C=O) groups is 1. The van der Waals surface area contributed by atoms with Crippen molar-refractivity contribution in [3.8, 4) is 0 Å². The van der Waals surface area contributed by atoms with Gasteiger partial charge in [-0.15, -0.1) is 0 Å². The molecule has 0 aliphatic heterocycles. The number of urea groups is 1. The average molecular weight is 282 g/mol. The first-order valence-electron chi connectivity index (χ1n) is 7.21. The minimum absolute atomic E-state index is 0.150. The summed E-state index contributed by atoms with van der Waals surface area (Å²) in [5.41, 5.74) is 9.48. The van der Waals surface area contributed by atoms with Crippen LogP contribution in [0.2, 0.25) is 0 Å². The molecule has 1 fully saturated rings. The van der Waals surface area contributed by atoms with Crippen LogP contribution in [0.25, 0.3) is 10.8 Å². The lowest BCUT2D eigenvalue weighted by Gasteiger charge is -2.24. The maximum Gasteiger partial charge on any atom is 0.332 e. The molecule has 0 saturated heterocycles. The van der Waals surface area contributed by atoms with Crippen molar-refractivity contribution in [1.82, 2.24) is 10.4 Å². The quantitative estimate of drug-likeness (QED) is 0.830. The molecule has 5 nitrogen and oxygen atoms in total. The van der Waals surface area contributed by atoms with Crippen molar-refractivity contribution in [2.45, 2.75) is 31.6 Å². The average Bonchev–Trinajstić information content (AvgIpc) is 2.53. The normalized spacial score (nSPS) is 20.6. The molecule has 1 aliphatic carbocycles. The van der Waals surface area contributed by atoms with Crippen molar-refractivity contribution < 1.29 is 4.79 Å². The number of hydrazone groups is 1. The summed E-state index contributed by atoms with van der Waals surface area (Å²) in [7, 11) is 0. The molecule has 3 N–H and O–H groups in total. The van der Waals surface area contributed by atoms with Gasteiger partial charge in [0, 0.05) is 23.2 Å². The molecule has 1 aromatic carbocycles. The molecule has 108 valence electrons. The van der Waals surface area contributed by atoms with Crippen LogP contribution in [-0.2, 0) is 0 Å². The van der Waals surface area contributed by atoms with Crippen LogP contribution in [0.3, 0.4) is 0 Å². The fourth-order valence-electron chi connectivity index (χ4n) is 2.97. The summed E-state index contributed by atoms with van der Waals surface area (Å²) in [5, 5.41) is 6.53. The smallest absolute Gasteiger partial charge is 0.332 e. The summed E-state index contributed by atoms with van der Waals surface area (Å²) >= 11 is 0. The minimum Gasteiger partial charge on any atom is -0.350 e. The monoisotopic (exact) mass is 282 g/mol. The molecule has 21 heavy (non-hydrogen) atoms. The van der Waals surface area contributed by atoms with E-state index >= 15 is 0 Å². The van der Waals surface area contributed by atoms with Crippen molar-refractivity contribution in [3.05, 3.63) is 42.2 Å². The van der Waals surface area contributed by atoms with Crippen LogP contribution in [0.4, 0.5) is 4.79 Å². The summed E-state index contributed by atoms with van der Waals surface area (Å²) in [4.78, 5) is 15.5. The number of rotatable bonds is 2. The number of fused-ring (bicyclic) bond motifs is 1. The summed E-state index contributed by atoms with van der Waals surface area (Å²) in [6.45, 7) is 0. The van der Waals surface area contributed by atoms with Gasteiger partial charge in [0.1, 0.15) is 0 Å². The second-order valence-electron chi connectivity index (χ2n) is 5.29. The Labute approximate surface area is 123 Å². The molecule has 5 heteroatoms. The summed E-state index contributed by atoms with van der Waals surface area (Å²) < 4.78 is 0. The number of pyridine rings is 1. The van der Waals surface area contributed by atoms with Crippen molar-refractivity contribution in [2.75, 3.05) is 0 Å². The third-order valence-corrected chi connectivity index (χ3v) is 3.92. The van der Waals surface area contributed by atoms with Gasteiger partial charge in [-0.1, -0.05) is 30.7 Å². The van der Waals surface area contributed by atoms with Crippen LogP contribution in [-0.4, -0.2) is 16.7 Å². The van der Waals surface area contributed by atoms with Gasteiger partial charge < -0.3 is 5.73 Å². The predicted octanol–water partition coefficient (Wildman–Crippen LogP) is 2.92. The van der Waals surface area contributed by atoms with Gasteiger partial charge in [0.25, 0.3) is 0 Å². The number of nitrogens with one attached hydrogen (secondary N) is 1. The number of benzene rings is 1. The van der Waals surface area contributed by atoms with Crippen molar-refractivity contribution in [3.63, 3.8) is 0 Å². The third-order valence-electron chi connectivity index (χ3n) is 3.92. The largest absolute Gasteiger partial charge is 0.350 e. The fraction of sp³-hybridized carbons (Fsp3) is 0.312. The van der Waals surface area contributed by atoms with E-state index < -0.39 is 6.03 Å². The molecule has 1 aliphatic rings. The van der Waals surface area contributed by atoms with Gasteiger partial charge >= 0.3 is 6.03 Å². The Balaban J connectivity index is 2.02. The number of carbonyl (C=O) groups excluding carboxylic acids is 1. The van der Waals surface area contributed by atoms with Gasteiger partial charge in [-0.3, -0.25) is 4.98 Å². The van der Waals surface area contributed by atoms with E-state index in [0.29, 0.717) is 0 Å². The highest BCUT2D eigenvalue weighted by molar-refractivity contribution is 5.96. The third kappa shape index (κ3) is 2.86. The van der Waals surface area contributed by atoms with E-state index in [1.165, 1.54) is 5.39 Å². The Bertz CT molecular complexity index is 690. The number of nitrogens with zero attached hydrogens (tertiary/aromatic N) is 2. The van der Waals surface area contributed by atoms with E-state index in [-0.39, 0.29) is 5.92 Å². The van der Waals surface area contributed by atoms with E-state index in [2.05, 4.69) is 27.6 Å². The number of primary amides is 1. The zero-order chi connectivity index (χ0) is 14.7. The molecular weight excluding hydrogens is 264 g/mol. The Hall–Kier alpha value is -2.43. The Kier molecular flexibility index (Phi) is 3.81. The standard InChI is InChI=1S/C16H18N4O/c17-16(21)20-19-14-8-4-3-7-13(14)15-12-6-2-1-5-11(12)9-10-18-15/h1-2,5-6,9-10,13H,3-4,7-8H2,(H3,17,20,21)/b19-14-/t13-/m0/s1. The predicted molar refractivity (Wildman–Crippen MR) is 83.1 cm³/mol. The zero-order valence-electron chi connectivity index (χ0n) is 11.7. The Morgan fingerprint density at radius 2 is 2.14 bits per heavy atom. The summed E-state index contributed by atoms with van der Waals surface area (Å²) in [6.07, 6.45) is 5.94. The van der Waals surface area contributed by atoms with Gasteiger partial charge in [0.2, 0.25) is 0 Å². The first-order chi connectivity index (χ1) is 10.3. The van der Waals surface area contributed by atoms with Crippen LogP contribution in [0, 0.1) is 0 Å². The first kappa shape index (κ1) is 13.5. The Morgan fingerprint density at radius 1 is 1.29 bits per heavy atom. The van der Waals surface area contributed by atoms with Crippen molar-refractivity contribution in [2.24, 2.45) is 10.8 Å². The fourth-order valence-corrected chi connectivity index (χ4v) is 2.97. The highest BCUT2D eigenvalue weighted by Crippen LogP contribution is 2.33. The van der Waals surface area contributed by atoms with Crippen LogP contribution in [0.1, 0.15) is 37.3 Å². The van der Waals surface area contributed by atoms with Crippen LogP contribution < -0.4 is 11.2 Å². The van der Waals surface area contributed by atoms with Crippen LogP contribution >= 0.6 is 0 Å². The Morgan fingerprint density at radius 3 is 3.00 bits per heavy atom. The van der Waals surface area contributed by atoms with E-state index in [9.17, 15) is 4.79 Å². The molecule has 0 unspecified atom stereocenters. The van der Waals surface area contributed by atoms with Crippen LogP contribution in [0.15, 0.2) is 41.6 Å². The molecule has 1 atom stereocenters. The first-order valence-corrected chi connectivity index (χ1v) is 7.21. The van der Waals surface area contributed by atoms with Gasteiger partial charge in [-0.25, -0.2) is 10.2 Å². The second kappa shape index (κ2) is 5.91. The van der Waals surface area contributed by atoms with E-state index in [1.807, 2.05) is 24.4 Å². The van der Waals surface area contributed by atoms with Gasteiger partial charge in [0.15, 0.2) is 0 Å². The van der Waals surface area contributed by atoms with Gasteiger partial charge in [0.05, 0.1) is 5.69 Å². The molecule has 3 rings (SSSR count). The number of hydrogen-bond acceptors (Lipinski definition) is 3. The minimum atomic E-state index is -0.627. The van der Waals surface area contributed by atoms with Gasteiger partial charge in [-0.05, 0) is 30.7 Å². The van der Waals surface area contributed by atoms with E-state index in [4.69, 9.17) is 5.73 Å². The summed E-state index contributed by atoms with van der Waals surface area (Å²) in [5.74, 6) is 0.150. The highest BCUT2D eigenvalue weighted by Gasteiger charge is 2.25. The number of aromatic nitrogens is 1. The van der Waals surface area contributed by atoms with Gasteiger partial charge in [-0.2, -0.15) is 5.10 Å². The number of amides is 2.